The Hall–Kier alpha value is -1.23. The van der Waals surface area contributed by atoms with E-state index in [4.69, 9.17) is 23.2 Å². The van der Waals surface area contributed by atoms with Gasteiger partial charge in [0, 0.05) is 24.1 Å². The van der Waals surface area contributed by atoms with E-state index in [1.165, 1.54) is 6.07 Å². The lowest BCUT2D eigenvalue weighted by Gasteiger charge is -2.44. The van der Waals surface area contributed by atoms with Gasteiger partial charge in [0.25, 0.3) is 0 Å². The summed E-state index contributed by atoms with van der Waals surface area (Å²) in [6.07, 6.45) is 2.35. The van der Waals surface area contributed by atoms with Crippen molar-refractivity contribution in [3.05, 3.63) is 56.8 Å². The SMILES string of the molecule is CN1Cc2c(Cl)nc(Cl)nc2C[C@]12CCc1cccc(F)c12. The fourth-order valence-corrected chi connectivity index (χ4v) is 4.38. The number of hydrogen-bond donors (Lipinski definition) is 0. The smallest absolute Gasteiger partial charge is 0.224 e. The van der Waals surface area contributed by atoms with Crippen LogP contribution in [-0.4, -0.2) is 21.9 Å². The zero-order valence-electron chi connectivity index (χ0n) is 12.0. The van der Waals surface area contributed by atoms with Crippen LogP contribution in [0.15, 0.2) is 18.2 Å². The second-order valence-corrected chi connectivity index (χ2v) is 6.74. The number of likely N-dealkylation sites (N-methyl/N-ethyl adjacent to an activating group) is 1. The van der Waals surface area contributed by atoms with E-state index >= 15 is 0 Å². The van der Waals surface area contributed by atoms with Gasteiger partial charge in [-0.2, -0.15) is 0 Å². The molecule has 22 heavy (non-hydrogen) atoms. The van der Waals surface area contributed by atoms with Crippen molar-refractivity contribution in [2.75, 3.05) is 7.05 Å². The van der Waals surface area contributed by atoms with Gasteiger partial charge >= 0.3 is 0 Å². The standard InChI is InChI=1S/C16H14Cl2FN3/c1-22-8-10-12(20-15(18)21-14(10)17)7-16(22)6-5-9-3-2-4-11(19)13(9)16/h2-4H,5-8H2,1H3/t16-/m0/s1. The van der Waals surface area contributed by atoms with Gasteiger partial charge in [0.05, 0.1) is 11.2 Å². The van der Waals surface area contributed by atoms with Crippen LogP contribution in [0.5, 0.6) is 0 Å². The topological polar surface area (TPSA) is 29.0 Å². The zero-order chi connectivity index (χ0) is 15.5. The molecular weight excluding hydrogens is 324 g/mol. The lowest BCUT2D eigenvalue weighted by atomic mass is 9.81. The van der Waals surface area contributed by atoms with Crippen molar-refractivity contribution >= 4 is 23.2 Å². The molecule has 1 spiro atoms. The van der Waals surface area contributed by atoms with Crippen molar-refractivity contribution in [2.24, 2.45) is 0 Å². The van der Waals surface area contributed by atoms with E-state index in [0.29, 0.717) is 18.1 Å². The fraction of sp³-hybridized carbons (Fsp3) is 0.375. The minimum absolute atomic E-state index is 0.142. The Bertz CT molecular complexity index is 780. The van der Waals surface area contributed by atoms with Gasteiger partial charge in [-0.3, -0.25) is 4.90 Å². The van der Waals surface area contributed by atoms with E-state index in [1.54, 1.807) is 6.07 Å². The molecule has 114 valence electrons. The van der Waals surface area contributed by atoms with Gasteiger partial charge in [0.1, 0.15) is 11.0 Å². The molecular formula is C16H14Cl2FN3. The normalized spacial score (nSPS) is 23.6. The summed E-state index contributed by atoms with van der Waals surface area (Å²) in [5.74, 6) is -0.142. The van der Waals surface area contributed by atoms with Crippen LogP contribution < -0.4 is 0 Å². The number of aryl methyl sites for hydroxylation is 1. The van der Waals surface area contributed by atoms with Crippen LogP contribution >= 0.6 is 23.2 Å². The summed E-state index contributed by atoms with van der Waals surface area (Å²) in [6, 6.07) is 5.32. The van der Waals surface area contributed by atoms with Crippen molar-refractivity contribution in [3.8, 4) is 0 Å². The second-order valence-electron chi connectivity index (χ2n) is 6.05. The zero-order valence-corrected chi connectivity index (χ0v) is 13.5. The average molecular weight is 338 g/mol. The van der Waals surface area contributed by atoms with E-state index in [2.05, 4.69) is 14.9 Å². The largest absolute Gasteiger partial charge is 0.292 e. The number of nitrogens with zero attached hydrogens (tertiary/aromatic N) is 3. The molecule has 2 heterocycles. The molecule has 2 aliphatic rings. The van der Waals surface area contributed by atoms with Gasteiger partial charge < -0.3 is 0 Å². The third-order valence-corrected chi connectivity index (χ3v) is 5.46. The highest BCUT2D eigenvalue weighted by atomic mass is 35.5. The number of hydrogen-bond acceptors (Lipinski definition) is 3. The average Bonchev–Trinajstić information content (AvgIpc) is 2.82. The number of aromatic nitrogens is 2. The van der Waals surface area contributed by atoms with Crippen LogP contribution in [0.4, 0.5) is 4.39 Å². The molecule has 0 saturated heterocycles. The Morgan fingerprint density at radius 1 is 1.27 bits per heavy atom. The van der Waals surface area contributed by atoms with Gasteiger partial charge in [-0.05, 0) is 43.1 Å². The van der Waals surface area contributed by atoms with Crippen LogP contribution in [0.2, 0.25) is 10.4 Å². The van der Waals surface area contributed by atoms with Crippen LogP contribution in [0.1, 0.15) is 28.8 Å². The number of rotatable bonds is 0. The quantitative estimate of drug-likeness (QED) is 0.541. The van der Waals surface area contributed by atoms with E-state index in [1.807, 2.05) is 13.1 Å². The predicted molar refractivity (Wildman–Crippen MR) is 83.6 cm³/mol. The van der Waals surface area contributed by atoms with Gasteiger partial charge in [-0.1, -0.05) is 23.7 Å². The first-order valence-electron chi connectivity index (χ1n) is 7.21. The first-order chi connectivity index (χ1) is 10.5. The summed E-state index contributed by atoms with van der Waals surface area (Å²) in [4.78, 5) is 10.5. The van der Waals surface area contributed by atoms with Gasteiger partial charge in [-0.15, -0.1) is 0 Å². The maximum atomic E-state index is 14.5. The summed E-state index contributed by atoms with van der Waals surface area (Å²) < 4.78 is 14.5. The van der Waals surface area contributed by atoms with E-state index < -0.39 is 0 Å². The Morgan fingerprint density at radius 3 is 2.91 bits per heavy atom. The molecule has 0 radical (unpaired) electrons. The Kier molecular flexibility index (Phi) is 3.19. The molecule has 1 aromatic carbocycles. The molecule has 0 unspecified atom stereocenters. The highest BCUT2D eigenvalue weighted by Gasteiger charge is 2.47. The maximum Gasteiger partial charge on any atom is 0.224 e. The summed E-state index contributed by atoms with van der Waals surface area (Å²) >= 11 is 12.2. The fourth-order valence-electron chi connectivity index (χ4n) is 3.90. The Labute approximate surface area is 138 Å². The van der Waals surface area contributed by atoms with E-state index in [9.17, 15) is 4.39 Å². The number of benzene rings is 1. The number of fused-ring (bicyclic) bond motifs is 3. The van der Waals surface area contributed by atoms with Crippen molar-refractivity contribution < 1.29 is 4.39 Å². The molecule has 0 bridgehead atoms. The second kappa shape index (κ2) is 4.88. The maximum absolute atomic E-state index is 14.5. The summed E-state index contributed by atoms with van der Waals surface area (Å²) in [5, 5.41) is 0.540. The van der Waals surface area contributed by atoms with Crippen LogP contribution in [0, 0.1) is 5.82 Å². The highest BCUT2D eigenvalue weighted by molar-refractivity contribution is 6.32. The molecule has 1 atom stereocenters. The molecule has 1 aromatic heterocycles. The molecule has 0 saturated carbocycles. The first kappa shape index (κ1) is 14.4. The van der Waals surface area contributed by atoms with Crippen molar-refractivity contribution in [3.63, 3.8) is 0 Å². The lowest BCUT2D eigenvalue weighted by molar-refractivity contribution is 0.0896. The molecule has 1 aliphatic carbocycles. The van der Waals surface area contributed by atoms with E-state index in [-0.39, 0.29) is 16.6 Å². The molecule has 0 N–H and O–H groups in total. The first-order valence-corrected chi connectivity index (χ1v) is 7.97. The third kappa shape index (κ3) is 1.91. The van der Waals surface area contributed by atoms with Gasteiger partial charge in [0.2, 0.25) is 5.28 Å². The van der Waals surface area contributed by atoms with Crippen molar-refractivity contribution in [1.29, 1.82) is 0 Å². The minimum atomic E-state index is -0.366. The van der Waals surface area contributed by atoms with Crippen molar-refractivity contribution in [1.82, 2.24) is 14.9 Å². The van der Waals surface area contributed by atoms with Gasteiger partial charge in [-0.25, -0.2) is 14.4 Å². The molecule has 1 aliphatic heterocycles. The van der Waals surface area contributed by atoms with Crippen LogP contribution in [-0.2, 0) is 24.9 Å². The molecule has 4 rings (SSSR count). The van der Waals surface area contributed by atoms with Gasteiger partial charge in [0.15, 0.2) is 0 Å². The predicted octanol–water partition coefficient (Wildman–Crippen LogP) is 3.75. The van der Waals surface area contributed by atoms with Crippen LogP contribution in [0.3, 0.4) is 0 Å². The van der Waals surface area contributed by atoms with Crippen LogP contribution in [0.25, 0.3) is 0 Å². The van der Waals surface area contributed by atoms with Crippen molar-refractivity contribution in [2.45, 2.75) is 31.3 Å². The lowest BCUT2D eigenvalue weighted by Crippen LogP contribution is -2.47. The van der Waals surface area contributed by atoms with E-state index in [0.717, 1.165) is 35.2 Å². The minimum Gasteiger partial charge on any atom is -0.292 e. The molecule has 0 amide bonds. The number of halogens is 3. The monoisotopic (exact) mass is 337 g/mol. The molecule has 2 aromatic rings. The molecule has 0 fully saturated rings. The Morgan fingerprint density at radius 2 is 2.09 bits per heavy atom. The Balaban J connectivity index is 1.89. The summed E-state index contributed by atoms with van der Waals surface area (Å²) in [5.41, 5.74) is 3.24. The summed E-state index contributed by atoms with van der Waals surface area (Å²) in [7, 11) is 2.01. The molecule has 3 nitrogen and oxygen atoms in total. The third-order valence-electron chi connectivity index (χ3n) is 4.97. The highest BCUT2D eigenvalue weighted by Crippen LogP contribution is 2.48. The summed E-state index contributed by atoms with van der Waals surface area (Å²) in [6.45, 7) is 0.596. The molecule has 6 heteroatoms.